The summed E-state index contributed by atoms with van der Waals surface area (Å²) in [5.41, 5.74) is 0.185. The molecular weight excluding hydrogens is 398 g/mol. The van der Waals surface area contributed by atoms with Gasteiger partial charge in [-0.15, -0.1) is 11.3 Å². The summed E-state index contributed by atoms with van der Waals surface area (Å²) in [5, 5.41) is 11.7. The zero-order valence-electron chi connectivity index (χ0n) is 10.8. The molecule has 0 aliphatic carbocycles. The number of rotatable bonds is 4. The van der Waals surface area contributed by atoms with E-state index in [9.17, 15) is 9.59 Å². The third-order valence-corrected chi connectivity index (χ3v) is 4.97. The van der Waals surface area contributed by atoms with Crippen molar-refractivity contribution in [2.24, 2.45) is 5.41 Å². The van der Waals surface area contributed by atoms with Gasteiger partial charge < -0.3 is 10.4 Å². The van der Waals surface area contributed by atoms with Crippen molar-refractivity contribution in [1.82, 2.24) is 5.32 Å². The molecule has 1 aromatic rings. The van der Waals surface area contributed by atoms with Gasteiger partial charge in [-0.25, -0.2) is 0 Å². The van der Waals surface area contributed by atoms with E-state index < -0.39 is 12.0 Å². The van der Waals surface area contributed by atoms with E-state index in [1.54, 1.807) is 6.07 Å². The second kappa shape index (κ2) is 6.37. The standard InChI is InChI=1S/C12H15Br2NO3S/c1-12(2,3)7(5-9(16)17)15-11(18)6-4-8(13)19-10(6)14/h4,7H,5H2,1-3H3,(H,15,18)(H,16,17). The molecule has 0 radical (unpaired) electrons. The molecule has 19 heavy (non-hydrogen) atoms. The van der Waals surface area contributed by atoms with Crippen molar-refractivity contribution in [3.63, 3.8) is 0 Å². The average Bonchev–Trinajstić information content (AvgIpc) is 2.54. The molecule has 0 fully saturated rings. The Morgan fingerprint density at radius 3 is 2.37 bits per heavy atom. The number of hydrogen-bond acceptors (Lipinski definition) is 3. The summed E-state index contributed by atoms with van der Waals surface area (Å²) < 4.78 is 1.56. The first-order valence-electron chi connectivity index (χ1n) is 5.58. The molecule has 2 N–H and O–H groups in total. The normalized spacial score (nSPS) is 13.1. The maximum atomic E-state index is 12.2. The number of aliphatic carboxylic acids is 1. The molecule has 1 amide bonds. The molecule has 0 spiro atoms. The quantitative estimate of drug-likeness (QED) is 0.788. The molecule has 0 aliphatic rings. The van der Waals surface area contributed by atoms with E-state index in [4.69, 9.17) is 5.11 Å². The minimum Gasteiger partial charge on any atom is -0.481 e. The highest BCUT2D eigenvalue weighted by Gasteiger charge is 2.29. The van der Waals surface area contributed by atoms with Crippen molar-refractivity contribution in [1.29, 1.82) is 0 Å². The van der Waals surface area contributed by atoms with E-state index in [0.717, 1.165) is 7.57 Å². The third kappa shape index (κ3) is 4.89. The van der Waals surface area contributed by atoms with E-state index in [1.165, 1.54) is 11.3 Å². The third-order valence-electron chi connectivity index (χ3n) is 2.63. The lowest BCUT2D eigenvalue weighted by Crippen LogP contribution is -2.45. The van der Waals surface area contributed by atoms with Crippen LogP contribution in [0.1, 0.15) is 37.6 Å². The number of hydrogen-bond donors (Lipinski definition) is 2. The molecule has 1 rings (SSSR count). The van der Waals surface area contributed by atoms with Gasteiger partial charge in [0.05, 0.1) is 19.6 Å². The van der Waals surface area contributed by atoms with Crippen LogP contribution in [0, 0.1) is 5.41 Å². The van der Waals surface area contributed by atoms with Gasteiger partial charge in [-0.05, 0) is 43.3 Å². The minimum atomic E-state index is -0.925. The van der Waals surface area contributed by atoms with Gasteiger partial charge >= 0.3 is 5.97 Å². The molecule has 1 heterocycles. The van der Waals surface area contributed by atoms with Gasteiger partial charge in [0.25, 0.3) is 5.91 Å². The van der Waals surface area contributed by atoms with Crippen LogP contribution in [0.25, 0.3) is 0 Å². The number of carboxylic acid groups (broad SMARTS) is 1. The van der Waals surface area contributed by atoms with Crippen LogP contribution in [0.2, 0.25) is 0 Å². The Morgan fingerprint density at radius 2 is 2.00 bits per heavy atom. The van der Waals surface area contributed by atoms with Crippen molar-refractivity contribution in [2.45, 2.75) is 33.2 Å². The van der Waals surface area contributed by atoms with Gasteiger partial charge in [0.1, 0.15) is 0 Å². The molecule has 0 saturated heterocycles. The van der Waals surface area contributed by atoms with Crippen molar-refractivity contribution in [2.75, 3.05) is 0 Å². The lowest BCUT2D eigenvalue weighted by Gasteiger charge is -2.30. The predicted octanol–water partition coefficient (Wildman–Crippen LogP) is 3.89. The molecule has 0 aromatic carbocycles. The molecule has 1 atom stereocenters. The Kier molecular flexibility index (Phi) is 5.58. The monoisotopic (exact) mass is 411 g/mol. The van der Waals surface area contributed by atoms with E-state index in [1.807, 2.05) is 20.8 Å². The number of carbonyl (C=O) groups is 2. The van der Waals surface area contributed by atoms with Crippen LogP contribution >= 0.6 is 43.2 Å². The zero-order chi connectivity index (χ0) is 14.8. The van der Waals surface area contributed by atoms with Gasteiger partial charge in [0.15, 0.2) is 0 Å². The van der Waals surface area contributed by atoms with Crippen LogP contribution < -0.4 is 5.32 Å². The molecule has 0 saturated carbocycles. The van der Waals surface area contributed by atoms with Crippen LogP contribution in [0.15, 0.2) is 13.6 Å². The van der Waals surface area contributed by atoms with Crippen LogP contribution in [-0.4, -0.2) is 23.0 Å². The Morgan fingerprint density at radius 1 is 1.42 bits per heavy atom. The first-order valence-corrected chi connectivity index (χ1v) is 7.99. The SMILES string of the molecule is CC(C)(C)C(CC(=O)O)NC(=O)c1cc(Br)sc1Br. The maximum Gasteiger partial charge on any atom is 0.305 e. The average molecular weight is 413 g/mol. The zero-order valence-corrected chi connectivity index (χ0v) is 14.8. The van der Waals surface area contributed by atoms with Gasteiger partial charge in [-0.3, -0.25) is 9.59 Å². The fraction of sp³-hybridized carbons (Fsp3) is 0.500. The molecule has 0 bridgehead atoms. The van der Waals surface area contributed by atoms with Gasteiger partial charge in [-0.2, -0.15) is 0 Å². The molecule has 1 aromatic heterocycles. The molecule has 1 unspecified atom stereocenters. The van der Waals surface area contributed by atoms with Crippen LogP contribution in [-0.2, 0) is 4.79 Å². The fourth-order valence-corrected chi connectivity index (χ4v) is 4.27. The lowest BCUT2D eigenvalue weighted by molar-refractivity contribution is -0.138. The molecule has 7 heteroatoms. The maximum absolute atomic E-state index is 12.2. The number of carboxylic acids is 1. The Balaban J connectivity index is 2.88. The Labute approximate surface area is 132 Å². The molecule has 4 nitrogen and oxygen atoms in total. The summed E-state index contributed by atoms with van der Waals surface area (Å²) in [7, 11) is 0. The number of carbonyl (C=O) groups excluding carboxylic acids is 1. The Bertz CT molecular complexity index is 494. The van der Waals surface area contributed by atoms with E-state index in [-0.39, 0.29) is 17.7 Å². The smallest absolute Gasteiger partial charge is 0.305 e. The first kappa shape index (κ1) is 16.7. The summed E-state index contributed by atoms with van der Waals surface area (Å²) in [6.45, 7) is 5.71. The van der Waals surface area contributed by atoms with Crippen molar-refractivity contribution >= 4 is 55.1 Å². The topological polar surface area (TPSA) is 66.4 Å². The highest BCUT2D eigenvalue weighted by molar-refractivity contribution is 9.12. The summed E-state index contributed by atoms with van der Waals surface area (Å²) in [5.74, 6) is -1.19. The van der Waals surface area contributed by atoms with Crippen LogP contribution in [0.3, 0.4) is 0 Å². The second-order valence-corrected chi connectivity index (χ2v) is 8.98. The van der Waals surface area contributed by atoms with Gasteiger partial charge in [0.2, 0.25) is 0 Å². The molecule has 0 aliphatic heterocycles. The fourth-order valence-electron chi connectivity index (χ4n) is 1.48. The van der Waals surface area contributed by atoms with E-state index >= 15 is 0 Å². The first-order chi connectivity index (χ1) is 8.61. The summed E-state index contributed by atoms with van der Waals surface area (Å²) in [6, 6.07) is 1.29. The summed E-state index contributed by atoms with van der Waals surface area (Å²) >= 11 is 8.03. The number of nitrogens with one attached hydrogen (secondary N) is 1. The summed E-state index contributed by atoms with van der Waals surface area (Å²) in [4.78, 5) is 23.0. The predicted molar refractivity (Wildman–Crippen MR) is 82.7 cm³/mol. The van der Waals surface area contributed by atoms with Gasteiger partial charge in [-0.1, -0.05) is 20.8 Å². The minimum absolute atomic E-state index is 0.0990. The van der Waals surface area contributed by atoms with Crippen LogP contribution in [0.5, 0.6) is 0 Å². The summed E-state index contributed by atoms with van der Waals surface area (Å²) in [6.07, 6.45) is -0.0990. The number of amides is 1. The van der Waals surface area contributed by atoms with Crippen molar-refractivity contribution in [3.8, 4) is 0 Å². The highest BCUT2D eigenvalue weighted by Crippen LogP contribution is 2.32. The van der Waals surface area contributed by atoms with Crippen molar-refractivity contribution in [3.05, 3.63) is 19.2 Å². The molecular formula is C12H15Br2NO3S. The number of thiophene rings is 1. The second-order valence-electron chi connectivity index (χ2n) is 5.23. The van der Waals surface area contributed by atoms with E-state index in [2.05, 4.69) is 37.2 Å². The Hall–Kier alpha value is -0.400. The van der Waals surface area contributed by atoms with Crippen molar-refractivity contribution < 1.29 is 14.7 Å². The lowest BCUT2D eigenvalue weighted by atomic mass is 9.84. The number of halogens is 2. The van der Waals surface area contributed by atoms with Crippen LogP contribution in [0.4, 0.5) is 0 Å². The van der Waals surface area contributed by atoms with E-state index in [0.29, 0.717) is 5.56 Å². The largest absolute Gasteiger partial charge is 0.481 e. The van der Waals surface area contributed by atoms with Gasteiger partial charge in [0, 0.05) is 6.04 Å². The molecule has 106 valence electrons. The highest BCUT2D eigenvalue weighted by atomic mass is 79.9.